The van der Waals surface area contributed by atoms with E-state index in [0.29, 0.717) is 6.08 Å². The van der Waals surface area contributed by atoms with Gasteiger partial charge in [0.15, 0.2) is 13.5 Å². The summed E-state index contributed by atoms with van der Waals surface area (Å²) in [5.74, 6) is -5.93. The number of hydrogen-bond donors (Lipinski definition) is 0. The number of alkyl halides is 5. The smallest absolute Gasteiger partial charge is 0.422 e. The highest BCUT2D eigenvalue weighted by atomic mass is 19.3. The number of rotatable bonds is 13. The van der Waals surface area contributed by atoms with Crippen molar-refractivity contribution in [3.05, 3.63) is 12.7 Å². The number of carbonyl (C=O) groups is 1. The molecule has 0 rings (SSSR count). The molecule has 22 heavy (non-hydrogen) atoms. The van der Waals surface area contributed by atoms with E-state index in [1.54, 1.807) is 0 Å². The van der Waals surface area contributed by atoms with Crippen molar-refractivity contribution in [3.8, 4) is 0 Å². The Kier molecular flexibility index (Phi) is 9.86. The zero-order chi connectivity index (χ0) is 17.1. The summed E-state index contributed by atoms with van der Waals surface area (Å²) in [6, 6.07) is 0. The molecule has 0 saturated heterocycles. The zero-order valence-electron chi connectivity index (χ0n) is 11.7. The van der Waals surface area contributed by atoms with Crippen LogP contribution in [-0.2, 0) is 23.7 Å². The third-order valence-corrected chi connectivity index (χ3v) is 2.15. The van der Waals surface area contributed by atoms with Crippen LogP contribution in [0.4, 0.5) is 22.0 Å². The van der Waals surface area contributed by atoms with Crippen molar-refractivity contribution in [2.45, 2.75) is 18.5 Å². The Labute approximate surface area is 124 Å². The maximum Gasteiger partial charge on any atom is 0.422 e. The first-order chi connectivity index (χ1) is 10.3. The van der Waals surface area contributed by atoms with Gasteiger partial charge in [-0.3, -0.25) is 0 Å². The predicted molar refractivity (Wildman–Crippen MR) is 64.4 cm³/mol. The molecule has 0 unspecified atom stereocenters. The van der Waals surface area contributed by atoms with Crippen molar-refractivity contribution in [3.63, 3.8) is 0 Å². The summed E-state index contributed by atoms with van der Waals surface area (Å²) in [4.78, 5) is 10.6. The first-order valence-corrected chi connectivity index (χ1v) is 6.17. The minimum Gasteiger partial charge on any atom is -0.456 e. The Morgan fingerprint density at radius 2 is 1.68 bits per heavy atom. The van der Waals surface area contributed by atoms with Gasteiger partial charge in [0.05, 0.1) is 19.8 Å². The van der Waals surface area contributed by atoms with E-state index in [0.717, 1.165) is 0 Å². The quantitative estimate of drug-likeness (QED) is 0.224. The highest BCUT2D eigenvalue weighted by molar-refractivity contribution is 5.81. The number of carbonyl (C=O) groups excluding carboxylic acids is 1. The van der Waals surface area contributed by atoms with Gasteiger partial charge in [0.25, 0.3) is 0 Å². The Morgan fingerprint density at radius 1 is 1.05 bits per heavy atom. The van der Waals surface area contributed by atoms with Crippen molar-refractivity contribution < 1.29 is 45.7 Å². The summed E-state index contributed by atoms with van der Waals surface area (Å²) < 4.78 is 80.9. The molecule has 0 amide bonds. The first-order valence-electron chi connectivity index (χ1n) is 6.17. The molecule has 0 N–H and O–H groups in total. The van der Waals surface area contributed by atoms with E-state index in [1.807, 2.05) is 0 Å². The molecule has 130 valence electrons. The lowest BCUT2D eigenvalue weighted by molar-refractivity contribution is -0.354. The largest absolute Gasteiger partial charge is 0.456 e. The molecule has 0 atom stereocenters. The normalized spacial score (nSPS) is 12.2. The molecule has 5 nitrogen and oxygen atoms in total. The fourth-order valence-electron chi connectivity index (χ4n) is 1.05. The van der Waals surface area contributed by atoms with Crippen LogP contribution in [0.1, 0.15) is 6.42 Å². The van der Waals surface area contributed by atoms with Crippen molar-refractivity contribution in [1.82, 2.24) is 0 Å². The van der Waals surface area contributed by atoms with E-state index >= 15 is 0 Å². The van der Waals surface area contributed by atoms with E-state index in [2.05, 4.69) is 20.8 Å². The van der Waals surface area contributed by atoms with E-state index in [9.17, 15) is 26.7 Å². The first kappa shape index (κ1) is 20.7. The fourth-order valence-corrected chi connectivity index (χ4v) is 1.05. The van der Waals surface area contributed by atoms with Crippen LogP contribution in [0.15, 0.2) is 12.7 Å². The van der Waals surface area contributed by atoms with Crippen LogP contribution < -0.4 is 0 Å². The van der Waals surface area contributed by atoms with Gasteiger partial charge in [0.1, 0.15) is 0 Å². The van der Waals surface area contributed by atoms with Crippen LogP contribution in [0.2, 0.25) is 0 Å². The Hall–Kier alpha value is -1.26. The highest BCUT2D eigenvalue weighted by Gasteiger charge is 2.58. The van der Waals surface area contributed by atoms with E-state index in [1.165, 1.54) is 0 Å². The number of esters is 1. The molecule has 0 aromatic heterocycles. The van der Waals surface area contributed by atoms with E-state index in [-0.39, 0.29) is 26.2 Å². The average Bonchev–Trinajstić information content (AvgIpc) is 2.47. The zero-order valence-corrected chi connectivity index (χ0v) is 11.7. The molecule has 0 saturated carbocycles. The van der Waals surface area contributed by atoms with Gasteiger partial charge in [-0.2, -0.15) is 17.6 Å². The second-order valence-electron chi connectivity index (χ2n) is 3.86. The molecule has 0 bridgehead atoms. The van der Waals surface area contributed by atoms with Crippen LogP contribution in [0.3, 0.4) is 0 Å². The Morgan fingerprint density at radius 3 is 2.27 bits per heavy atom. The van der Waals surface area contributed by atoms with Crippen LogP contribution in [0.25, 0.3) is 0 Å². The van der Waals surface area contributed by atoms with Gasteiger partial charge in [-0.15, -0.1) is 0 Å². The number of hydrogen-bond acceptors (Lipinski definition) is 5. The minimum absolute atomic E-state index is 0.0136. The summed E-state index contributed by atoms with van der Waals surface area (Å²) in [7, 11) is 0. The summed E-state index contributed by atoms with van der Waals surface area (Å²) >= 11 is 0. The van der Waals surface area contributed by atoms with Gasteiger partial charge in [-0.25, -0.2) is 9.18 Å². The van der Waals surface area contributed by atoms with E-state index in [4.69, 9.17) is 4.74 Å². The van der Waals surface area contributed by atoms with Crippen LogP contribution in [-0.4, -0.2) is 57.9 Å². The molecule has 0 aromatic rings. The van der Waals surface area contributed by atoms with Crippen LogP contribution in [0.5, 0.6) is 0 Å². The minimum atomic E-state index is -4.80. The number of halogens is 5. The maximum absolute atomic E-state index is 13.1. The van der Waals surface area contributed by atoms with Gasteiger partial charge in [-0.05, 0) is 6.42 Å². The molecule has 0 fully saturated rings. The molecule has 0 spiro atoms. The predicted octanol–water partition coefficient (Wildman–Crippen LogP) is 2.31. The molecule has 0 radical (unpaired) electrons. The Balaban J connectivity index is 3.95. The molecular weight excluding hydrogens is 319 g/mol. The molecular formula is C12H17F5O5. The molecule has 0 heterocycles. The van der Waals surface area contributed by atoms with Crippen LogP contribution in [0, 0.1) is 0 Å². The van der Waals surface area contributed by atoms with Crippen molar-refractivity contribution in [2.24, 2.45) is 0 Å². The average molecular weight is 336 g/mol. The summed E-state index contributed by atoms with van der Waals surface area (Å²) in [5, 5.41) is 0. The second kappa shape index (κ2) is 10.5. The third kappa shape index (κ3) is 8.25. The molecule has 0 aliphatic rings. The fraction of sp³-hybridized carbons (Fsp3) is 0.750. The lowest BCUT2D eigenvalue weighted by atomic mass is 10.3. The molecule has 10 heteroatoms. The summed E-state index contributed by atoms with van der Waals surface area (Å²) in [5.41, 5.74) is 0. The van der Waals surface area contributed by atoms with Gasteiger partial charge >= 0.3 is 18.0 Å². The molecule has 0 aliphatic carbocycles. The lowest BCUT2D eigenvalue weighted by Gasteiger charge is -2.25. The van der Waals surface area contributed by atoms with Crippen molar-refractivity contribution in [1.29, 1.82) is 0 Å². The van der Waals surface area contributed by atoms with Gasteiger partial charge in [-0.1, -0.05) is 6.58 Å². The third-order valence-electron chi connectivity index (χ3n) is 2.15. The highest BCUT2D eigenvalue weighted by Crippen LogP contribution is 2.35. The van der Waals surface area contributed by atoms with Crippen LogP contribution >= 0.6 is 0 Å². The van der Waals surface area contributed by atoms with Crippen molar-refractivity contribution in [2.75, 3.05) is 39.9 Å². The van der Waals surface area contributed by atoms with Gasteiger partial charge in [0.2, 0.25) is 0 Å². The summed E-state index contributed by atoms with van der Waals surface area (Å²) in [6.45, 7) is -0.598. The van der Waals surface area contributed by atoms with Gasteiger partial charge in [0, 0.05) is 12.7 Å². The maximum atomic E-state index is 13.1. The second-order valence-corrected chi connectivity index (χ2v) is 3.86. The monoisotopic (exact) mass is 336 g/mol. The molecule has 0 aliphatic heterocycles. The molecule has 0 aromatic carbocycles. The van der Waals surface area contributed by atoms with Crippen molar-refractivity contribution >= 4 is 5.97 Å². The van der Waals surface area contributed by atoms with E-state index < -0.39 is 38.1 Å². The lowest BCUT2D eigenvalue weighted by Crippen LogP contribution is -2.46. The SMILES string of the molecule is C=CC(=O)OCC(F)(F)C(F)(F)OCCCOCCOCF. The number of ether oxygens (including phenoxy) is 4. The standard InChI is InChI=1S/C12H17F5O5/c1-2-10(18)21-8-11(14,15)12(16,17)22-5-3-4-19-6-7-20-9-13/h2H,1,3-9H2. The summed E-state index contributed by atoms with van der Waals surface area (Å²) in [6.07, 6.45) is -4.32. The topological polar surface area (TPSA) is 54.0 Å². The Bertz CT molecular complexity index is 338. The van der Waals surface area contributed by atoms with Gasteiger partial charge < -0.3 is 18.9 Å².